The summed E-state index contributed by atoms with van der Waals surface area (Å²) < 4.78 is 0. The van der Waals surface area contributed by atoms with Crippen LogP contribution in [0.25, 0.3) is 0 Å². The molecule has 0 bridgehead atoms. The van der Waals surface area contributed by atoms with Crippen molar-refractivity contribution in [2.75, 3.05) is 32.7 Å². The second-order valence-electron chi connectivity index (χ2n) is 5.35. The van der Waals surface area contributed by atoms with E-state index in [1.807, 2.05) is 41.8 Å². The van der Waals surface area contributed by atoms with Crippen LogP contribution in [0.5, 0.6) is 0 Å². The number of hydrogen-bond donors (Lipinski definition) is 1. The molecule has 20 heavy (non-hydrogen) atoms. The van der Waals surface area contributed by atoms with E-state index in [1.54, 1.807) is 0 Å². The summed E-state index contributed by atoms with van der Waals surface area (Å²) >= 11 is 0. The summed E-state index contributed by atoms with van der Waals surface area (Å²) in [6.07, 6.45) is 0. The van der Waals surface area contributed by atoms with Crippen molar-refractivity contribution < 1.29 is 9.59 Å². The summed E-state index contributed by atoms with van der Waals surface area (Å²) in [5, 5.41) is 0. The lowest BCUT2D eigenvalue weighted by atomic mass is 10.0. The van der Waals surface area contributed by atoms with E-state index in [9.17, 15) is 9.59 Å². The summed E-state index contributed by atoms with van der Waals surface area (Å²) in [4.78, 5) is 27.2. The number of amides is 2. The molecule has 1 aromatic carbocycles. The third-order valence-electron chi connectivity index (χ3n) is 3.65. The van der Waals surface area contributed by atoms with E-state index >= 15 is 0 Å². The number of carbonyl (C=O) groups is 2. The Kier molecular flexibility index (Phi) is 4.39. The predicted octanol–water partition coefficient (Wildman–Crippen LogP) is 0.547. The van der Waals surface area contributed by atoms with Crippen molar-refractivity contribution in [2.24, 2.45) is 5.73 Å². The molecule has 1 fully saturated rings. The summed E-state index contributed by atoms with van der Waals surface area (Å²) in [5.74, 6) is -0.250. The van der Waals surface area contributed by atoms with Gasteiger partial charge in [0.25, 0.3) is 5.91 Å². The normalized spacial score (nSPS) is 16.2. The van der Waals surface area contributed by atoms with Gasteiger partial charge in [0.2, 0.25) is 5.91 Å². The minimum atomic E-state index is -0.320. The summed E-state index contributed by atoms with van der Waals surface area (Å²) in [7, 11) is 0. The third-order valence-corrected chi connectivity index (χ3v) is 3.65. The first kappa shape index (κ1) is 14.5. The zero-order chi connectivity index (χ0) is 14.7. The number of primary amides is 1. The lowest BCUT2D eigenvalue weighted by Crippen LogP contribution is -2.50. The minimum absolute atomic E-state index is 0.0706. The first-order valence-electron chi connectivity index (χ1n) is 6.84. The van der Waals surface area contributed by atoms with Gasteiger partial charge in [-0.15, -0.1) is 0 Å². The maximum atomic E-state index is 12.5. The summed E-state index contributed by atoms with van der Waals surface area (Å²) in [6.45, 7) is 6.91. The van der Waals surface area contributed by atoms with Crippen molar-refractivity contribution in [3.05, 3.63) is 34.9 Å². The molecule has 0 aliphatic carbocycles. The SMILES string of the molecule is Cc1ccc(C(=O)N2CCN(CC(N)=O)CC2)c(C)c1. The smallest absolute Gasteiger partial charge is 0.254 e. The van der Waals surface area contributed by atoms with Crippen molar-refractivity contribution in [3.8, 4) is 0 Å². The number of rotatable bonds is 3. The van der Waals surface area contributed by atoms with Crippen molar-refractivity contribution in [2.45, 2.75) is 13.8 Å². The van der Waals surface area contributed by atoms with Crippen molar-refractivity contribution >= 4 is 11.8 Å². The van der Waals surface area contributed by atoms with Gasteiger partial charge in [0.1, 0.15) is 0 Å². The molecule has 2 amide bonds. The Morgan fingerprint density at radius 3 is 2.35 bits per heavy atom. The number of piperazine rings is 1. The van der Waals surface area contributed by atoms with Crippen LogP contribution in [-0.4, -0.2) is 54.3 Å². The van der Waals surface area contributed by atoms with Crippen LogP contribution in [0, 0.1) is 13.8 Å². The largest absolute Gasteiger partial charge is 0.369 e. The molecule has 1 saturated heterocycles. The molecule has 5 heteroatoms. The van der Waals surface area contributed by atoms with E-state index in [2.05, 4.69) is 0 Å². The van der Waals surface area contributed by atoms with Crippen LogP contribution in [0.3, 0.4) is 0 Å². The fourth-order valence-electron chi connectivity index (χ4n) is 2.55. The Morgan fingerprint density at radius 1 is 1.15 bits per heavy atom. The lowest BCUT2D eigenvalue weighted by Gasteiger charge is -2.34. The number of aryl methyl sites for hydroxylation is 2. The molecule has 0 atom stereocenters. The van der Waals surface area contributed by atoms with Gasteiger partial charge in [0, 0.05) is 31.7 Å². The quantitative estimate of drug-likeness (QED) is 0.876. The van der Waals surface area contributed by atoms with Gasteiger partial charge >= 0.3 is 0 Å². The highest BCUT2D eigenvalue weighted by atomic mass is 16.2. The highest BCUT2D eigenvalue weighted by Crippen LogP contribution is 2.14. The zero-order valence-electron chi connectivity index (χ0n) is 12.1. The molecule has 0 aromatic heterocycles. The van der Waals surface area contributed by atoms with E-state index < -0.39 is 0 Å². The molecule has 0 unspecified atom stereocenters. The molecule has 108 valence electrons. The fraction of sp³-hybridized carbons (Fsp3) is 0.467. The molecule has 2 rings (SSSR count). The molecular formula is C15H21N3O2. The van der Waals surface area contributed by atoms with Gasteiger partial charge in [0.15, 0.2) is 0 Å². The van der Waals surface area contributed by atoms with E-state index in [0.29, 0.717) is 26.2 Å². The van der Waals surface area contributed by atoms with Crippen LogP contribution in [-0.2, 0) is 4.79 Å². The Bertz CT molecular complexity index is 520. The minimum Gasteiger partial charge on any atom is -0.369 e. The average Bonchev–Trinajstić information content (AvgIpc) is 2.38. The highest BCUT2D eigenvalue weighted by Gasteiger charge is 2.23. The van der Waals surface area contributed by atoms with Crippen molar-refractivity contribution in [1.29, 1.82) is 0 Å². The standard InChI is InChI=1S/C15H21N3O2/c1-11-3-4-13(12(2)9-11)15(20)18-7-5-17(6-8-18)10-14(16)19/h3-4,9H,5-8,10H2,1-2H3,(H2,16,19). The van der Waals surface area contributed by atoms with Gasteiger partial charge in [-0.25, -0.2) is 0 Å². The van der Waals surface area contributed by atoms with Crippen LogP contribution >= 0.6 is 0 Å². The van der Waals surface area contributed by atoms with Gasteiger partial charge in [-0.05, 0) is 25.5 Å². The van der Waals surface area contributed by atoms with Crippen LogP contribution in [0.4, 0.5) is 0 Å². The number of benzene rings is 1. The van der Waals surface area contributed by atoms with Crippen molar-refractivity contribution in [1.82, 2.24) is 9.80 Å². The maximum absolute atomic E-state index is 12.5. The number of nitrogens with zero attached hydrogens (tertiary/aromatic N) is 2. The molecule has 5 nitrogen and oxygen atoms in total. The molecule has 2 N–H and O–H groups in total. The fourth-order valence-corrected chi connectivity index (χ4v) is 2.55. The molecule has 1 aromatic rings. The second-order valence-corrected chi connectivity index (χ2v) is 5.35. The number of carbonyl (C=O) groups excluding carboxylic acids is 2. The van der Waals surface area contributed by atoms with Crippen LogP contribution < -0.4 is 5.73 Å². The Morgan fingerprint density at radius 2 is 1.80 bits per heavy atom. The van der Waals surface area contributed by atoms with Gasteiger partial charge < -0.3 is 10.6 Å². The Labute approximate surface area is 119 Å². The third kappa shape index (κ3) is 3.36. The molecule has 0 saturated carbocycles. The first-order valence-corrected chi connectivity index (χ1v) is 6.84. The highest BCUT2D eigenvalue weighted by molar-refractivity contribution is 5.95. The maximum Gasteiger partial charge on any atom is 0.254 e. The Hall–Kier alpha value is -1.88. The van der Waals surface area contributed by atoms with Gasteiger partial charge in [-0.3, -0.25) is 14.5 Å². The molecule has 1 heterocycles. The number of nitrogens with two attached hydrogens (primary N) is 1. The molecule has 1 aliphatic heterocycles. The van der Waals surface area contributed by atoms with Gasteiger partial charge in [-0.2, -0.15) is 0 Å². The molecule has 0 spiro atoms. The second kappa shape index (κ2) is 6.05. The summed E-state index contributed by atoms with van der Waals surface area (Å²) in [5.41, 5.74) is 8.11. The summed E-state index contributed by atoms with van der Waals surface area (Å²) in [6, 6.07) is 5.88. The van der Waals surface area contributed by atoms with Gasteiger partial charge in [0.05, 0.1) is 6.54 Å². The van der Waals surface area contributed by atoms with Crippen molar-refractivity contribution in [3.63, 3.8) is 0 Å². The first-order chi connectivity index (χ1) is 9.47. The van der Waals surface area contributed by atoms with Crippen LogP contribution in [0.2, 0.25) is 0 Å². The van der Waals surface area contributed by atoms with E-state index in [0.717, 1.165) is 16.7 Å². The Balaban J connectivity index is 1.99. The van der Waals surface area contributed by atoms with Gasteiger partial charge in [-0.1, -0.05) is 17.7 Å². The topological polar surface area (TPSA) is 66.6 Å². The molecular weight excluding hydrogens is 254 g/mol. The average molecular weight is 275 g/mol. The van der Waals surface area contributed by atoms with Crippen LogP contribution in [0.1, 0.15) is 21.5 Å². The predicted molar refractivity (Wildman–Crippen MR) is 77.5 cm³/mol. The number of hydrogen-bond acceptors (Lipinski definition) is 3. The molecule has 1 aliphatic rings. The zero-order valence-corrected chi connectivity index (χ0v) is 12.1. The lowest BCUT2D eigenvalue weighted by molar-refractivity contribution is -0.119. The van der Waals surface area contributed by atoms with Crippen LogP contribution in [0.15, 0.2) is 18.2 Å². The van der Waals surface area contributed by atoms with E-state index in [-0.39, 0.29) is 18.4 Å². The van der Waals surface area contributed by atoms with E-state index in [4.69, 9.17) is 5.73 Å². The van der Waals surface area contributed by atoms with E-state index in [1.165, 1.54) is 0 Å². The monoisotopic (exact) mass is 275 g/mol. The molecule has 0 radical (unpaired) electrons.